The molecule has 2 aromatic carbocycles. The largest absolute Gasteiger partial charge is 0.495 e. The third-order valence-electron chi connectivity index (χ3n) is 3.92. The molecule has 1 N–H and O–H groups in total. The van der Waals surface area contributed by atoms with Gasteiger partial charge in [0.15, 0.2) is 0 Å². The summed E-state index contributed by atoms with van der Waals surface area (Å²) in [4.78, 5) is 12.8. The Hall–Kier alpha value is -1.96. The number of halogens is 2. The highest BCUT2D eigenvalue weighted by atomic mass is 35.5. The minimum atomic E-state index is -3.76. The molecule has 0 heterocycles. The van der Waals surface area contributed by atoms with Gasteiger partial charge in [-0.3, -0.25) is 9.10 Å². The van der Waals surface area contributed by atoms with Crippen molar-refractivity contribution in [1.82, 2.24) is 0 Å². The van der Waals surface area contributed by atoms with Crippen molar-refractivity contribution >= 4 is 50.5 Å². The molecule has 2 rings (SSSR count). The number of methoxy groups -OCH3 is 1. The average molecular weight is 431 g/mol. The summed E-state index contributed by atoms with van der Waals surface area (Å²) in [6, 6.07) is 8.58. The molecule has 0 radical (unpaired) electrons. The van der Waals surface area contributed by atoms with Crippen molar-refractivity contribution in [2.75, 3.05) is 23.0 Å². The molecule has 2 aromatic rings. The first-order valence-electron chi connectivity index (χ1n) is 7.94. The van der Waals surface area contributed by atoms with Crippen LogP contribution in [0.4, 0.5) is 11.4 Å². The topological polar surface area (TPSA) is 75.7 Å². The van der Waals surface area contributed by atoms with Crippen molar-refractivity contribution < 1.29 is 17.9 Å². The molecule has 9 heteroatoms. The lowest BCUT2D eigenvalue weighted by atomic mass is 10.1. The third-order valence-corrected chi connectivity index (χ3v) is 5.61. The lowest BCUT2D eigenvalue weighted by Gasteiger charge is -2.29. The van der Waals surface area contributed by atoms with Gasteiger partial charge in [0.2, 0.25) is 15.9 Å². The highest BCUT2D eigenvalue weighted by molar-refractivity contribution is 7.92. The minimum Gasteiger partial charge on any atom is -0.495 e. The van der Waals surface area contributed by atoms with Crippen molar-refractivity contribution in [3.63, 3.8) is 0 Å². The van der Waals surface area contributed by atoms with Gasteiger partial charge in [-0.15, -0.1) is 0 Å². The summed E-state index contributed by atoms with van der Waals surface area (Å²) in [5.74, 6) is -0.134. The van der Waals surface area contributed by atoms with Crippen LogP contribution in [0.1, 0.15) is 12.5 Å². The number of carbonyl (C=O) groups excluding carboxylic acids is 1. The van der Waals surface area contributed by atoms with Gasteiger partial charge in [-0.05, 0) is 49.7 Å². The predicted octanol–water partition coefficient (Wildman–Crippen LogP) is 4.10. The number of benzene rings is 2. The zero-order valence-electron chi connectivity index (χ0n) is 15.3. The van der Waals surface area contributed by atoms with Gasteiger partial charge in [-0.2, -0.15) is 0 Å². The average Bonchev–Trinajstić information content (AvgIpc) is 2.57. The molecule has 0 aliphatic rings. The lowest BCUT2D eigenvalue weighted by molar-refractivity contribution is -0.116. The number of hydrogen-bond donors (Lipinski definition) is 1. The van der Waals surface area contributed by atoms with Crippen LogP contribution in [-0.4, -0.2) is 33.7 Å². The molecule has 6 nitrogen and oxygen atoms in total. The second-order valence-electron chi connectivity index (χ2n) is 6.00. The molecule has 0 aliphatic heterocycles. The smallest absolute Gasteiger partial charge is 0.248 e. The highest BCUT2D eigenvalue weighted by Crippen LogP contribution is 2.30. The van der Waals surface area contributed by atoms with E-state index in [2.05, 4.69) is 5.32 Å². The van der Waals surface area contributed by atoms with Gasteiger partial charge in [-0.25, -0.2) is 8.42 Å². The zero-order chi connectivity index (χ0) is 20.4. The SMILES string of the molecule is COc1ccc(Cl)cc1NC(=O)[C@@H](C)N(c1cc(Cl)ccc1C)S(C)(=O)=O. The van der Waals surface area contributed by atoms with Crippen LogP contribution >= 0.6 is 23.2 Å². The molecule has 146 valence electrons. The normalized spacial score (nSPS) is 12.4. The fraction of sp³-hybridized carbons (Fsp3) is 0.278. The Bertz CT molecular complexity index is 964. The van der Waals surface area contributed by atoms with Crippen LogP contribution in [0.2, 0.25) is 10.0 Å². The van der Waals surface area contributed by atoms with E-state index in [1.54, 1.807) is 31.2 Å². The summed E-state index contributed by atoms with van der Waals surface area (Å²) in [6.45, 7) is 3.24. The number of nitrogens with one attached hydrogen (secondary N) is 1. The summed E-state index contributed by atoms with van der Waals surface area (Å²) in [5, 5.41) is 3.45. The van der Waals surface area contributed by atoms with Gasteiger partial charge in [0.1, 0.15) is 11.8 Å². The Kier molecular flexibility index (Phi) is 6.62. The number of ether oxygens (including phenoxy) is 1. The van der Waals surface area contributed by atoms with Gasteiger partial charge in [0.05, 0.1) is 24.7 Å². The van der Waals surface area contributed by atoms with E-state index in [9.17, 15) is 13.2 Å². The fourth-order valence-corrected chi connectivity index (χ4v) is 4.18. The first kappa shape index (κ1) is 21.3. The molecule has 0 fully saturated rings. The molecular formula is C18H20Cl2N2O4S. The monoisotopic (exact) mass is 430 g/mol. The van der Waals surface area contributed by atoms with E-state index >= 15 is 0 Å². The quantitative estimate of drug-likeness (QED) is 0.747. The van der Waals surface area contributed by atoms with Crippen LogP contribution in [-0.2, 0) is 14.8 Å². The molecule has 0 aromatic heterocycles. The summed E-state index contributed by atoms with van der Waals surface area (Å²) < 4.78 is 31.1. The van der Waals surface area contributed by atoms with Gasteiger partial charge in [0, 0.05) is 10.0 Å². The number of hydrogen-bond acceptors (Lipinski definition) is 4. The summed E-state index contributed by atoms with van der Waals surface area (Å²) >= 11 is 12.0. The first-order chi connectivity index (χ1) is 12.5. The minimum absolute atomic E-state index is 0.339. The number of carbonyl (C=O) groups is 1. The van der Waals surface area contributed by atoms with Crippen LogP contribution in [0.5, 0.6) is 5.75 Å². The summed E-state index contributed by atoms with van der Waals surface area (Å²) in [7, 11) is -2.30. The molecular weight excluding hydrogens is 411 g/mol. The number of rotatable bonds is 6. The summed E-state index contributed by atoms with van der Waals surface area (Å²) in [6.07, 6.45) is 1.04. The van der Waals surface area contributed by atoms with Crippen LogP contribution < -0.4 is 14.4 Å². The van der Waals surface area contributed by atoms with E-state index in [0.717, 1.165) is 10.6 Å². The van der Waals surface area contributed by atoms with Crippen LogP contribution in [0.15, 0.2) is 36.4 Å². The van der Waals surface area contributed by atoms with E-state index < -0.39 is 22.0 Å². The predicted molar refractivity (Wildman–Crippen MR) is 110 cm³/mol. The Labute approximate surface area is 169 Å². The Balaban J connectivity index is 2.42. The Morgan fingerprint density at radius 2 is 1.74 bits per heavy atom. The molecule has 0 saturated carbocycles. The van der Waals surface area contributed by atoms with E-state index in [1.807, 2.05) is 0 Å². The number of amides is 1. The molecule has 27 heavy (non-hydrogen) atoms. The lowest BCUT2D eigenvalue weighted by Crippen LogP contribution is -2.45. The molecule has 1 atom stereocenters. The van der Waals surface area contributed by atoms with Crippen LogP contribution in [0.3, 0.4) is 0 Å². The molecule has 1 amide bonds. The first-order valence-corrected chi connectivity index (χ1v) is 10.5. The van der Waals surface area contributed by atoms with Gasteiger partial charge >= 0.3 is 0 Å². The van der Waals surface area contributed by atoms with Crippen molar-refractivity contribution in [2.24, 2.45) is 0 Å². The maximum Gasteiger partial charge on any atom is 0.248 e. The zero-order valence-corrected chi connectivity index (χ0v) is 17.6. The van der Waals surface area contributed by atoms with Crippen molar-refractivity contribution in [3.05, 3.63) is 52.0 Å². The molecule has 0 aliphatic carbocycles. The van der Waals surface area contributed by atoms with Gasteiger partial charge in [0.25, 0.3) is 0 Å². The molecule has 0 spiro atoms. The molecule has 0 bridgehead atoms. The second kappa shape index (κ2) is 8.37. The van der Waals surface area contributed by atoms with E-state index in [1.165, 1.54) is 26.2 Å². The highest BCUT2D eigenvalue weighted by Gasteiger charge is 2.30. The Morgan fingerprint density at radius 1 is 1.15 bits per heavy atom. The number of aryl methyl sites for hydroxylation is 1. The number of nitrogens with zero attached hydrogens (tertiary/aromatic N) is 1. The molecule has 0 saturated heterocycles. The van der Waals surface area contributed by atoms with Crippen molar-refractivity contribution in [2.45, 2.75) is 19.9 Å². The van der Waals surface area contributed by atoms with Gasteiger partial charge < -0.3 is 10.1 Å². The van der Waals surface area contributed by atoms with Crippen molar-refractivity contribution in [3.8, 4) is 5.75 Å². The fourth-order valence-electron chi connectivity index (χ4n) is 2.62. The standard InChI is InChI=1S/C18H20Cl2N2O4S/c1-11-5-6-14(20)10-16(11)22(27(4,24)25)12(2)18(23)21-15-9-13(19)7-8-17(15)26-3/h5-10,12H,1-4H3,(H,21,23)/t12-/m1/s1. The maximum atomic E-state index is 12.8. The third kappa shape index (κ3) is 5.06. The van der Waals surface area contributed by atoms with Crippen molar-refractivity contribution in [1.29, 1.82) is 0 Å². The Morgan fingerprint density at radius 3 is 2.33 bits per heavy atom. The number of sulfonamides is 1. The second-order valence-corrected chi connectivity index (χ2v) is 8.73. The van der Waals surface area contributed by atoms with E-state index in [-0.39, 0.29) is 0 Å². The van der Waals surface area contributed by atoms with Crippen LogP contribution in [0.25, 0.3) is 0 Å². The number of anilines is 2. The van der Waals surface area contributed by atoms with Crippen LogP contribution in [0, 0.1) is 6.92 Å². The van der Waals surface area contributed by atoms with E-state index in [0.29, 0.717) is 32.7 Å². The van der Waals surface area contributed by atoms with Gasteiger partial charge in [-0.1, -0.05) is 29.3 Å². The van der Waals surface area contributed by atoms with E-state index in [4.69, 9.17) is 27.9 Å². The molecule has 0 unspecified atom stereocenters. The summed E-state index contributed by atoms with van der Waals surface area (Å²) in [5.41, 5.74) is 1.36. The maximum absolute atomic E-state index is 12.8.